The largest absolute Gasteiger partial charge is 0.442 e. The molecule has 0 radical (unpaired) electrons. The number of hydrogen-bond donors (Lipinski definition) is 1. The predicted molar refractivity (Wildman–Crippen MR) is 18.2 cm³/mol. The minimum absolute atomic E-state index is 1.28. The van der Waals surface area contributed by atoms with Gasteiger partial charge in [-0.3, -0.25) is 9.73 Å². The van der Waals surface area contributed by atoms with Crippen LogP contribution in [0.1, 0.15) is 0 Å². The summed E-state index contributed by atoms with van der Waals surface area (Å²) in [5.74, 6) is 0. The molecule has 0 amide bonds. The first-order chi connectivity index (χ1) is 2.27. The molecule has 3 nitrogen and oxygen atoms in total. The van der Waals surface area contributed by atoms with Gasteiger partial charge in [0.25, 0.3) is 0 Å². The Morgan fingerprint density at radius 1 is 2.00 bits per heavy atom. The van der Waals surface area contributed by atoms with Gasteiger partial charge in [-0.05, 0) is 0 Å². The molecular formula is CH4NO2S-. The summed E-state index contributed by atoms with van der Waals surface area (Å²) in [4.78, 5) is 0. The van der Waals surface area contributed by atoms with Crippen molar-refractivity contribution < 1.29 is 9.42 Å². The van der Waals surface area contributed by atoms with Crippen LogP contribution in [-0.4, -0.2) is 11.5 Å². The molecule has 32 valence electrons. The second-order valence-electron chi connectivity index (χ2n) is 0.505. The Hall–Kier alpha value is -0.0900. The first kappa shape index (κ1) is 4.91. The van der Waals surface area contributed by atoms with Crippen LogP contribution in [0.15, 0.2) is 4.53 Å². The minimum Gasteiger partial charge on any atom is -0.442 e. The zero-order chi connectivity index (χ0) is 4.28. The van der Waals surface area contributed by atoms with E-state index in [0.29, 0.717) is 0 Å². The maximum absolute atomic E-state index is 9.51. The molecule has 0 rings (SSSR count). The lowest BCUT2D eigenvalue weighted by molar-refractivity contribution is 0.326. The fraction of sp³-hybridized carbons (Fsp3) is 1.00. The first-order valence-corrected chi connectivity index (χ1v) is 2.47. The lowest BCUT2D eigenvalue weighted by Crippen LogP contribution is -1.58. The molecule has 5 heavy (non-hydrogen) atoms. The molecular weight excluding hydrogens is 90.1 g/mol. The Kier molecular flexibility index (Phi) is 2.13. The lowest BCUT2D eigenvalue weighted by atomic mass is 12.0. The number of rotatable bonds is 0. The van der Waals surface area contributed by atoms with Gasteiger partial charge in [-0.1, -0.05) is 6.26 Å². The van der Waals surface area contributed by atoms with Crippen molar-refractivity contribution >= 4 is 10.6 Å². The molecule has 0 aliphatic rings. The van der Waals surface area contributed by atoms with E-state index in [0.717, 1.165) is 0 Å². The third-order valence-electron chi connectivity index (χ3n) is 0.115. The van der Waals surface area contributed by atoms with E-state index in [1.54, 1.807) is 0 Å². The minimum atomic E-state index is -1.39. The molecule has 0 saturated heterocycles. The topological polar surface area (TPSA) is 49.7 Å². The maximum atomic E-state index is 9.51. The summed E-state index contributed by atoms with van der Waals surface area (Å²) in [6.07, 6.45) is 1.28. The fourth-order valence-corrected chi connectivity index (χ4v) is 0. The fourth-order valence-electron chi connectivity index (χ4n) is 0. The van der Waals surface area contributed by atoms with E-state index in [4.69, 9.17) is 5.21 Å². The Labute approximate surface area is 31.8 Å². The smallest absolute Gasteiger partial charge is 0.1000 e. The molecule has 0 fully saturated rings. The molecule has 0 aliphatic carbocycles. The molecule has 0 aromatic rings. The van der Waals surface area contributed by atoms with Gasteiger partial charge in [0.2, 0.25) is 0 Å². The van der Waals surface area contributed by atoms with Crippen molar-refractivity contribution in [3.8, 4) is 0 Å². The van der Waals surface area contributed by atoms with Gasteiger partial charge in [0.15, 0.2) is 0 Å². The quantitative estimate of drug-likeness (QED) is 0.343. The molecule has 0 saturated carbocycles. The van der Waals surface area contributed by atoms with E-state index in [1.165, 1.54) is 6.26 Å². The van der Waals surface area contributed by atoms with Crippen LogP contribution in [0.4, 0.5) is 0 Å². The Morgan fingerprint density at radius 2 is 2.20 bits per heavy atom. The summed E-state index contributed by atoms with van der Waals surface area (Å²) in [7, 11) is -1.39. The monoisotopic (exact) mass is 94.0 g/mol. The van der Waals surface area contributed by atoms with Gasteiger partial charge in [-0.15, -0.1) is 0 Å². The summed E-state index contributed by atoms with van der Waals surface area (Å²) < 4.78 is 11.9. The van der Waals surface area contributed by atoms with Gasteiger partial charge in [-0.2, -0.15) is 10.6 Å². The average molecular weight is 94.1 g/mol. The van der Waals surface area contributed by atoms with Crippen molar-refractivity contribution in [2.75, 3.05) is 6.26 Å². The predicted octanol–water partition coefficient (Wildman–Crippen LogP) is 0.153. The van der Waals surface area contributed by atoms with Crippen molar-refractivity contribution in [2.45, 2.75) is 0 Å². The van der Waals surface area contributed by atoms with Gasteiger partial charge >= 0.3 is 0 Å². The second-order valence-corrected chi connectivity index (χ2v) is 1.52. The molecule has 0 spiro atoms. The van der Waals surface area contributed by atoms with E-state index < -0.39 is 10.6 Å². The van der Waals surface area contributed by atoms with E-state index in [9.17, 15) is 4.21 Å². The molecule has 4 heteroatoms. The molecule has 1 N–H and O–H groups in total. The summed E-state index contributed by atoms with van der Waals surface area (Å²) in [6.45, 7) is 0. The van der Waals surface area contributed by atoms with Gasteiger partial charge in [0, 0.05) is 0 Å². The highest BCUT2D eigenvalue weighted by atomic mass is 32.2. The van der Waals surface area contributed by atoms with Crippen molar-refractivity contribution in [1.29, 1.82) is 0 Å². The Balaban J connectivity index is 3.62. The molecule has 0 aliphatic heterocycles. The Bertz CT molecular complexity index is 81.6. The van der Waals surface area contributed by atoms with E-state index in [2.05, 4.69) is 4.53 Å². The third-order valence-corrected chi connectivity index (χ3v) is 0.345. The summed E-state index contributed by atoms with van der Waals surface area (Å²) in [5, 5.41) is 7.47. The van der Waals surface area contributed by atoms with Crippen LogP contribution in [0.5, 0.6) is 0 Å². The van der Waals surface area contributed by atoms with E-state index >= 15 is 0 Å². The van der Waals surface area contributed by atoms with Crippen molar-refractivity contribution in [2.24, 2.45) is 4.53 Å². The summed E-state index contributed by atoms with van der Waals surface area (Å²) >= 11 is 0. The highest BCUT2D eigenvalue weighted by Crippen LogP contribution is 1.52. The second kappa shape index (κ2) is 2.17. The molecule has 0 aromatic carbocycles. The van der Waals surface area contributed by atoms with Crippen LogP contribution in [0.3, 0.4) is 0 Å². The van der Waals surface area contributed by atoms with Gasteiger partial charge in [-0.25, -0.2) is 0 Å². The summed E-state index contributed by atoms with van der Waals surface area (Å²) in [5.41, 5.74) is 0. The molecule has 0 unspecified atom stereocenters. The summed E-state index contributed by atoms with van der Waals surface area (Å²) in [6, 6.07) is 0. The highest BCUT2D eigenvalue weighted by Gasteiger charge is 1.33. The SMILES string of the molecule is C[S-](=O)=NO. The van der Waals surface area contributed by atoms with Crippen molar-refractivity contribution in [1.82, 2.24) is 0 Å². The van der Waals surface area contributed by atoms with Crippen LogP contribution >= 0.6 is 0 Å². The third kappa shape index (κ3) is 3.91. The number of nitrogens with zero attached hydrogens (tertiary/aromatic N) is 1. The van der Waals surface area contributed by atoms with Crippen LogP contribution in [0.2, 0.25) is 0 Å². The van der Waals surface area contributed by atoms with Gasteiger partial charge in [0.1, 0.15) is 0 Å². The Morgan fingerprint density at radius 3 is 2.20 bits per heavy atom. The average Bonchev–Trinajstić information content (AvgIpc) is 1.38. The van der Waals surface area contributed by atoms with Crippen LogP contribution < -0.4 is 0 Å². The normalized spacial score (nSPS) is 15.6. The zero-order valence-electron chi connectivity index (χ0n) is 2.71. The highest BCUT2D eigenvalue weighted by molar-refractivity contribution is 7.73. The van der Waals surface area contributed by atoms with Crippen LogP contribution in [-0.2, 0) is 14.8 Å². The maximum Gasteiger partial charge on any atom is -0.1000 e. The van der Waals surface area contributed by atoms with Crippen LogP contribution in [0.25, 0.3) is 0 Å². The molecule has 0 aromatic heterocycles. The van der Waals surface area contributed by atoms with Crippen LogP contribution in [0, 0.1) is 0 Å². The zero-order valence-corrected chi connectivity index (χ0v) is 3.53. The molecule has 0 atom stereocenters. The van der Waals surface area contributed by atoms with Crippen molar-refractivity contribution in [3.63, 3.8) is 0 Å². The molecule has 0 bridgehead atoms. The van der Waals surface area contributed by atoms with Gasteiger partial charge < -0.3 is 4.21 Å². The lowest BCUT2D eigenvalue weighted by Gasteiger charge is -1.76. The standard InChI is InChI=1S/CH4NO2S/c1-5(4)2-3/h3H,1H3/q-1. The first-order valence-electron chi connectivity index (χ1n) is 0.957. The van der Waals surface area contributed by atoms with Crippen molar-refractivity contribution in [3.05, 3.63) is 0 Å². The van der Waals surface area contributed by atoms with Gasteiger partial charge in [0.05, 0.1) is 0 Å². The van der Waals surface area contributed by atoms with E-state index in [-0.39, 0.29) is 0 Å². The van der Waals surface area contributed by atoms with E-state index in [1.807, 2.05) is 0 Å². The molecule has 0 heterocycles. The number of hydrogen-bond acceptors (Lipinski definition) is 3.